The van der Waals surface area contributed by atoms with Crippen LogP contribution in [0.4, 0.5) is 5.95 Å². The second kappa shape index (κ2) is 8.22. The van der Waals surface area contributed by atoms with Gasteiger partial charge in [-0.2, -0.15) is 4.98 Å². The lowest BCUT2D eigenvalue weighted by atomic mass is 10.2. The molecule has 0 spiro atoms. The summed E-state index contributed by atoms with van der Waals surface area (Å²) in [5, 5.41) is 0. The van der Waals surface area contributed by atoms with E-state index >= 15 is 0 Å². The number of ether oxygens (including phenoxy) is 1. The molecule has 1 aromatic heterocycles. The number of sulfonamides is 1. The van der Waals surface area contributed by atoms with Crippen molar-refractivity contribution in [1.29, 1.82) is 0 Å². The van der Waals surface area contributed by atoms with Crippen LogP contribution < -0.4 is 20.3 Å². The zero-order chi connectivity index (χ0) is 18.3. The van der Waals surface area contributed by atoms with Gasteiger partial charge in [-0.1, -0.05) is 12.1 Å². The molecule has 3 N–H and O–H groups in total. The van der Waals surface area contributed by atoms with Crippen molar-refractivity contribution in [1.82, 2.24) is 20.1 Å². The number of hydrogen-bond donors (Lipinski definition) is 3. The number of nitrogens with zero attached hydrogens (tertiary/aromatic N) is 2. The summed E-state index contributed by atoms with van der Waals surface area (Å²) in [6.45, 7) is 0. The molecular weight excluding hydrogens is 346 g/mol. The molecule has 0 saturated carbocycles. The predicted molar refractivity (Wildman–Crippen MR) is 92.1 cm³/mol. The number of benzene rings is 1. The summed E-state index contributed by atoms with van der Waals surface area (Å²) in [6, 6.07) is 7.65. The molecule has 0 atom stereocenters. The fourth-order valence-electron chi connectivity index (χ4n) is 1.72. The van der Waals surface area contributed by atoms with Crippen molar-refractivity contribution in [2.75, 3.05) is 19.6 Å². The minimum absolute atomic E-state index is 0.147. The third kappa shape index (κ3) is 5.26. The van der Waals surface area contributed by atoms with E-state index in [0.717, 1.165) is 0 Å². The minimum Gasteiger partial charge on any atom is -0.481 e. The average molecular weight is 363 g/mol. The molecule has 0 aliphatic rings. The largest absolute Gasteiger partial charge is 0.481 e. The fourth-order valence-corrected chi connectivity index (χ4v) is 2.45. The zero-order valence-electron chi connectivity index (χ0n) is 13.6. The smallest absolute Gasteiger partial charge is 0.262 e. The van der Waals surface area contributed by atoms with Gasteiger partial charge in [0.05, 0.1) is 12.0 Å². The highest BCUT2D eigenvalue weighted by molar-refractivity contribution is 7.89. The Labute approximate surface area is 145 Å². The Kier molecular flexibility index (Phi) is 6.03. The number of carbonyl (C=O) groups is 1. The molecule has 0 fully saturated rings. The first-order valence-electron chi connectivity index (χ1n) is 7.09. The minimum atomic E-state index is -3.48. The molecule has 132 valence electrons. The van der Waals surface area contributed by atoms with Gasteiger partial charge in [-0.05, 0) is 30.8 Å². The number of anilines is 1. The standard InChI is InChI=1S/C15H17N5O4S/c1-16-25(22,23)12-6-3-11(4-7-12)5-8-13(21)19-20-15-17-10-9-14(18-15)24-2/h3-10,16H,1-2H3,(H,19,21)(H,17,18,20)/b8-5+. The van der Waals surface area contributed by atoms with E-state index in [-0.39, 0.29) is 10.8 Å². The predicted octanol–water partition coefficient (Wildman–Crippen LogP) is 0.550. The summed E-state index contributed by atoms with van der Waals surface area (Å²) in [6.07, 6.45) is 4.31. The lowest BCUT2D eigenvalue weighted by Crippen LogP contribution is -2.28. The van der Waals surface area contributed by atoms with Crippen LogP contribution in [0.2, 0.25) is 0 Å². The number of rotatable bonds is 7. The van der Waals surface area contributed by atoms with Gasteiger partial charge in [0.15, 0.2) is 0 Å². The van der Waals surface area contributed by atoms with Crippen molar-refractivity contribution in [3.05, 3.63) is 48.2 Å². The van der Waals surface area contributed by atoms with E-state index in [9.17, 15) is 13.2 Å². The van der Waals surface area contributed by atoms with Gasteiger partial charge < -0.3 is 4.74 Å². The molecule has 1 heterocycles. The number of hydrazine groups is 1. The molecule has 0 radical (unpaired) electrons. The maximum absolute atomic E-state index is 11.8. The van der Waals surface area contributed by atoms with Crippen molar-refractivity contribution in [3.63, 3.8) is 0 Å². The monoisotopic (exact) mass is 363 g/mol. The number of hydrogen-bond acceptors (Lipinski definition) is 7. The average Bonchev–Trinajstić information content (AvgIpc) is 2.65. The number of amides is 1. The van der Waals surface area contributed by atoms with Crippen LogP contribution in [0.5, 0.6) is 5.88 Å². The van der Waals surface area contributed by atoms with E-state index in [1.807, 2.05) is 0 Å². The topological polar surface area (TPSA) is 122 Å². The van der Waals surface area contributed by atoms with Crippen LogP contribution in [0.1, 0.15) is 5.56 Å². The van der Waals surface area contributed by atoms with Crippen molar-refractivity contribution in [2.24, 2.45) is 0 Å². The van der Waals surface area contributed by atoms with Crippen LogP contribution >= 0.6 is 0 Å². The normalized spacial score (nSPS) is 11.3. The van der Waals surface area contributed by atoms with Crippen LogP contribution in [0, 0.1) is 0 Å². The highest BCUT2D eigenvalue weighted by Gasteiger charge is 2.09. The lowest BCUT2D eigenvalue weighted by molar-refractivity contribution is -0.116. The molecule has 0 aliphatic heterocycles. The Hall–Kier alpha value is -2.98. The Balaban J connectivity index is 1.93. The van der Waals surface area contributed by atoms with E-state index in [1.54, 1.807) is 24.3 Å². The zero-order valence-corrected chi connectivity index (χ0v) is 14.4. The molecule has 25 heavy (non-hydrogen) atoms. The number of methoxy groups -OCH3 is 1. The summed E-state index contributed by atoms with van der Waals surface area (Å²) < 4.78 is 30.4. The molecule has 1 amide bonds. The lowest BCUT2D eigenvalue weighted by Gasteiger charge is -2.05. The van der Waals surface area contributed by atoms with E-state index in [0.29, 0.717) is 11.4 Å². The summed E-state index contributed by atoms with van der Waals surface area (Å²) in [4.78, 5) is 19.8. The van der Waals surface area contributed by atoms with Crippen LogP contribution in [-0.4, -0.2) is 38.5 Å². The van der Waals surface area contributed by atoms with E-state index in [1.165, 1.54) is 38.6 Å². The second-order valence-electron chi connectivity index (χ2n) is 4.65. The third-order valence-electron chi connectivity index (χ3n) is 3.02. The maximum atomic E-state index is 11.8. The number of carbonyl (C=O) groups excluding carboxylic acids is 1. The van der Waals surface area contributed by atoms with Gasteiger partial charge in [-0.15, -0.1) is 0 Å². The molecule has 1 aromatic carbocycles. The van der Waals surface area contributed by atoms with Crippen LogP contribution in [0.15, 0.2) is 47.5 Å². The van der Waals surface area contributed by atoms with Crippen LogP contribution in [-0.2, 0) is 14.8 Å². The number of nitrogens with one attached hydrogen (secondary N) is 3. The summed E-state index contributed by atoms with van der Waals surface area (Å²) in [5.74, 6) is 0.111. The van der Waals surface area contributed by atoms with Gasteiger partial charge >= 0.3 is 0 Å². The maximum Gasteiger partial charge on any atom is 0.262 e. The molecule has 0 bridgehead atoms. The van der Waals surface area contributed by atoms with Gasteiger partial charge in [-0.25, -0.2) is 18.1 Å². The summed E-state index contributed by atoms with van der Waals surface area (Å²) in [7, 11) is -0.666. The molecule has 0 unspecified atom stereocenters. The van der Waals surface area contributed by atoms with E-state index < -0.39 is 15.9 Å². The molecule has 0 saturated heterocycles. The highest BCUT2D eigenvalue weighted by atomic mass is 32.2. The molecular formula is C15H17N5O4S. The van der Waals surface area contributed by atoms with Gasteiger partial charge in [0.25, 0.3) is 5.91 Å². The van der Waals surface area contributed by atoms with Gasteiger partial charge in [0.1, 0.15) is 0 Å². The summed E-state index contributed by atoms with van der Waals surface area (Å²) >= 11 is 0. The Morgan fingerprint density at radius 2 is 1.92 bits per heavy atom. The van der Waals surface area contributed by atoms with Crippen molar-refractivity contribution < 1.29 is 17.9 Å². The van der Waals surface area contributed by atoms with E-state index in [4.69, 9.17) is 4.74 Å². The first-order valence-corrected chi connectivity index (χ1v) is 8.57. The van der Waals surface area contributed by atoms with Gasteiger partial charge in [0.2, 0.25) is 21.9 Å². The van der Waals surface area contributed by atoms with E-state index in [2.05, 4.69) is 25.5 Å². The van der Waals surface area contributed by atoms with Gasteiger partial charge in [0, 0.05) is 18.3 Å². The van der Waals surface area contributed by atoms with Gasteiger partial charge in [-0.3, -0.25) is 15.6 Å². The molecule has 9 nitrogen and oxygen atoms in total. The van der Waals surface area contributed by atoms with Crippen LogP contribution in [0.3, 0.4) is 0 Å². The molecule has 10 heteroatoms. The summed E-state index contributed by atoms with van der Waals surface area (Å²) in [5.41, 5.74) is 5.62. The van der Waals surface area contributed by atoms with Crippen molar-refractivity contribution in [3.8, 4) is 5.88 Å². The Morgan fingerprint density at radius 3 is 2.56 bits per heavy atom. The quantitative estimate of drug-likeness (QED) is 0.485. The van der Waals surface area contributed by atoms with Crippen LogP contribution in [0.25, 0.3) is 6.08 Å². The molecule has 0 aliphatic carbocycles. The molecule has 2 rings (SSSR count). The number of aromatic nitrogens is 2. The first kappa shape index (κ1) is 18.4. The molecule has 2 aromatic rings. The Bertz CT molecular complexity index is 866. The SMILES string of the molecule is CNS(=O)(=O)c1ccc(/C=C/C(=O)NNc2nccc(OC)n2)cc1. The highest BCUT2D eigenvalue weighted by Crippen LogP contribution is 2.11. The first-order chi connectivity index (χ1) is 11.9. The van der Waals surface area contributed by atoms with Crippen molar-refractivity contribution >= 4 is 28.0 Å². The second-order valence-corrected chi connectivity index (χ2v) is 6.53. The Morgan fingerprint density at radius 1 is 1.20 bits per heavy atom. The fraction of sp³-hybridized carbons (Fsp3) is 0.133. The van der Waals surface area contributed by atoms with Crippen molar-refractivity contribution in [2.45, 2.75) is 4.90 Å². The third-order valence-corrected chi connectivity index (χ3v) is 4.45.